The Balaban J connectivity index is 2.25. The number of nitrogens with zero attached hydrogens (tertiary/aromatic N) is 3. The Morgan fingerprint density at radius 3 is 2.38 bits per heavy atom. The van der Waals surface area contributed by atoms with E-state index in [1.165, 1.54) is 0 Å². The number of rotatable bonds is 2. The van der Waals surface area contributed by atoms with Crippen LogP contribution < -0.4 is 10.6 Å². The van der Waals surface area contributed by atoms with Crippen LogP contribution in [0.5, 0.6) is 0 Å². The van der Waals surface area contributed by atoms with E-state index < -0.39 is 0 Å². The Morgan fingerprint density at radius 2 is 1.71 bits per heavy atom. The summed E-state index contributed by atoms with van der Waals surface area (Å²) in [6.45, 7) is 2.00. The van der Waals surface area contributed by atoms with E-state index >= 15 is 0 Å². The van der Waals surface area contributed by atoms with Gasteiger partial charge in [0.2, 0.25) is 0 Å². The first-order valence-electron chi connectivity index (χ1n) is 6.87. The lowest BCUT2D eigenvalue weighted by molar-refractivity contribution is 1.07. The van der Waals surface area contributed by atoms with Crippen molar-refractivity contribution < 1.29 is 0 Å². The van der Waals surface area contributed by atoms with Crippen molar-refractivity contribution in [1.82, 2.24) is 9.97 Å². The lowest BCUT2D eigenvalue weighted by Gasteiger charge is -2.14. The average Bonchev–Trinajstić information content (AvgIpc) is 2.47. The van der Waals surface area contributed by atoms with Crippen molar-refractivity contribution in [3.05, 3.63) is 48.2 Å². The second kappa shape index (κ2) is 5.05. The largest absolute Gasteiger partial charge is 0.398 e. The fourth-order valence-corrected chi connectivity index (χ4v) is 2.39. The molecule has 0 aliphatic heterocycles. The Kier molecular flexibility index (Phi) is 3.22. The maximum atomic E-state index is 6.19. The standard InChI is InChI=1S/C17H18N4/c1-11-13(12-7-5-4-6-8-12)9-14-15(18)10-16(21(2)3)20-17(14)19-11/h4-10H,1-3H3,(H2,18,19,20). The van der Waals surface area contributed by atoms with Crippen LogP contribution in [-0.4, -0.2) is 24.1 Å². The van der Waals surface area contributed by atoms with Crippen molar-refractivity contribution in [2.75, 3.05) is 24.7 Å². The lowest BCUT2D eigenvalue weighted by Crippen LogP contribution is -2.11. The maximum absolute atomic E-state index is 6.19. The molecule has 0 aliphatic rings. The summed E-state index contributed by atoms with van der Waals surface area (Å²) in [6.07, 6.45) is 0. The minimum Gasteiger partial charge on any atom is -0.398 e. The van der Waals surface area contributed by atoms with E-state index in [1.807, 2.05) is 50.2 Å². The third kappa shape index (κ3) is 2.40. The first-order valence-corrected chi connectivity index (χ1v) is 6.87. The second-order valence-electron chi connectivity index (χ2n) is 5.32. The van der Waals surface area contributed by atoms with Gasteiger partial charge >= 0.3 is 0 Å². The number of nitrogen functional groups attached to an aromatic ring is 1. The average molecular weight is 278 g/mol. The van der Waals surface area contributed by atoms with Gasteiger partial charge in [0, 0.05) is 42.5 Å². The number of hydrogen-bond acceptors (Lipinski definition) is 4. The number of anilines is 2. The molecule has 0 spiro atoms. The molecular formula is C17H18N4. The van der Waals surface area contributed by atoms with E-state index in [9.17, 15) is 0 Å². The summed E-state index contributed by atoms with van der Waals surface area (Å²) in [5.41, 5.74) is 10.8. The number of nitrogens with two attached hydrogens (primary N) is 1. The monoisotopic (exact) mass is 278 g/mol. The zero-order valence-electron chi connectivity index (χ0n) is 12.5. The van der Waals surface area contributed by atoms with Gasteiger partial charge in [-0.3, -0.25) is 0 Å². The number of fused-ring (bicyclic) bond motifs is 1. The third-order valence-corrected chi connectivity index (χ3v) is 3.55. The van der Waals surface area contributed by atoms with Gasteiger partial charge in [-0.1, -0.05) is 30.3 Å². The van der Waals surface area contributed by atoms with Gasteiger partial charge in [-0.15, -0.1) is 0 Å². The van der Waals surface area contributed by atoms with E-state index in [0.717, 1.165) is 28.0 Å². The molecule has 2 N–H and O–H groups in total. The highest BCUT2D eigenvalue weighted by Crippen LogP contribution is 2.29. The van der Waals surface area contributed by atoms with Gasteiger partial charge in [-0.05, 0) is 18.6 Å². The molecule has 0 atom stereocenters. The third-order valence-electron chi connectivity index (χ3n) is 3.55. The summed E-state index contributed by atoms with van der Waals surface area (Å²) in [5, 5.41) is 0.894. The molecule has 3 aromatic rings. The molecule has 0 aliphatic carbocycles. The summed E-state index contributed by atoms with van der Waals surface area (Å²) >= 11 is 0. The molecule has 0 unspecified atom stereocenters. The molecule has 0 saturated heterocycles. The van der Waals surface area contributed by atoms with Crippen LogP contribution in [-0.2, 0) is 0 Å². The molecule has 4 heteroatoms. The fourth-order valence-electron chi connectivity index (χ4n) is 2.39. The van der Waals surface area contributed by atoms with E-state index in [4.69, 9.17) is 5.73 Å². The fraction of sp³-hybridized carbons (Fsp3) is 0.176. The van der Waals surface area contributed by atoms with E-state index in [-0.39, 0.29) is 0 Å². The Hall–Kier alpha value is -2.62. The van der Waals surface area contributed by atoms with Crippen molar-refractivity contribution in [1.29, 1.82) is 0 Å². The van der Waals surface area contributed by atoms with E-state index in [1.54, 1.807) is 0 Å². The number of pyridine rings is 2. The van der Waals surface area contributed by atoms with Crippen LogP contribution in [0, 0.1) is 6.92 Å². The molecule has 2 aromatic heterocycles. The highest BCUT2D eigenvalue weighted by molar-refractivity contribution is 5.93. The lowest BCUT2D eigenvalue weighted by atomic mass is 10.0. The molecular weight excluding hydrogens is 260 g/mol. The van der Waals surface area contributed by atoms with Crippen LogP contribution in [0.3, 0.4) is 0 Å². The number of hydrogen-bond donors (Lipinski definition) is 1. The van der Waals surface area contributed by atoms with Gasteiger partial charge in [0.25, 0.3) is 0 Å². The van der Waals surface area contributed by atoms with Crippen LogP contribution in [0.15, 0.2) is 42.5 Å². The van der Waals surface area contributed by atoms with Crippen LogP contribution in [0.4, 0.5) is 11.5 Å². The zero-order valence-corrected chi connectivity index (χ0v) is 12.5. The molecule has 0 saturated carbocycles. The summed E-state index contributed by atoms with van der Waals surface area (Å²) in [6, 6.07) is 14.2. The second-order valence-corrected chi connectivity index (χ2v) is 5.32. The van der Waals surface area contributed by atoms with Crippen LogP contribution in [0.25, 0.3) is 22.2 Å². The number of benzene rings is 1. The van der Waals surface area contributed by atoms with Crippen LogP contribution in [0.2, 0.25) is 0 Å². The van der Waals surface area contributed by atoms with Gasteiger partial charge in [0.05, 0.1) is 0 Å². The number of aryl methyl sites for hydroxylation is 1. The molecule has 106 valence electrons. The normalized spacial score (nSPS) is 10.8. The molecule has 0 fully saturated rings. The first kappa shape index (κ1) is 13.4. The zero-order chi connectivity index (χ0) is 15.0. The van der Waals surface area contributed by atoms with E-state index in [0.29, 0.717) is 11.3 Å². The van der Waals surface area contributed by atoms with Crippen molar-refractivity contribution in [3.63, 3.8) is 0 Å². The topological polar surface area (TPSA) is 55.0 Å². The summed E-state index contributed by atoms with van der Waals surface area (Å²) in [7, 11) is 3.89. The minimum atomic E-state index is 0.691. The van der Waals surface area contributed by atoms with Crippen molar-refractivity contribution >= 4 is 22.5 Å². The van der Waals surface area contributed by atoms with E-state index in [2.05, 4.69) is 28.2 Å². The summed E-state index contributed by atoms with van der Waals surface area (Å²) in [5.74, 6) is 0.819. The SMILES string of the molecule is Cc1nc2nc(N(C)C)cc(N)c2cc1-c1ccccc1. The van der Waals surface area contributed by atoms with Gasteiger partial charge < -0.3 is 10.6 Å². The Bertz CT molecular complexity index is 795. The van der Waals surface area contributed by atoms with Crippen molar-refractivity contribution in [3.8, 4) is 11.1 Å². The molecule has 2 heterocycles. The minimum absolute atomic E-state index is 0.691. The quantitative estimate of drug-likeness (QED) is 0.781. The molecule has 21 heavy (non-hydrogen) atoms. The smallest absolute Gasteiger partial charge is 0.163 e. The van der Waals surface area contributed by atoms with Crippen molar-refractivity contribution in [2.24, 2.45) is 0 Å². The first-order chi connectivity index (χ1) is 10.1. The molecule has 0 amide bonds. The van der Waals surface area contributed by atoms with Crippen LogP contribution in [0.1, 0.15) is 5.69 Å². The predicted octanol–water partition coefficient (Wildman–Crippen LogP) is 3.25. The predicted molar refractivity (Wildman–Crippen MR) is 88.5 cm³/mol. The molecule has 4 nitrogen and oxygen atoms in total. The molecule has 0 bridgehead atoms. The summed E-state index contributed by atoms with van der Waals surface area (Å²) < 4.78 is 0. The maximum Gasteiger partial charge on any atom is 0.163 e. The van der Waals surface area contributed by atoms with Gasteiger partial charge in [0.15, 0.2) is 5.65 Å². The van der Waals surface area contributed by atoms with Gasteiger partial charge in [-0.2, -0.15) is 0 Å². The Labute approximate surface area is 124 Å². The molecule has 3 rings (SSSR count). The van der Waals surface area contributed by atoms with Crippen LogP contribution >= 0.6 is 0 Å². The Morgan fingerprint density at radius 1 is 1.00 bits per heavy atom. The van der Waals surface area contributed by atoms with Crippen molar-refractivity contribution in [2.45, 2.75) is 6.92 Å². The van der Waals surface area contributed by atoms with Gasteiger partial charge in [0.1, 0.15) is 5.82 Å². The highest BCUT2D eigenvalue weighted by Gasteiger charge is 2.10. The molecule has 0 radical (unpaired) electrons. The highest BCUT2D eigenvalue weighted by atomic mass is 15.1. The summed E-state index contributed by atoms with van der Waals surface area (Å²) in [4.78, 5) is 11.1. The van der Waals surface area contributed by atoms with Gasteiger partial charge in [-0.25, -0.2) is 9.97 Å². The molecule has 1 aromatic carbocycles. The number of aromatic nitrogens is 2.